The quantitative estimate of drug-likeness (QED) is 0.148. The summed E-state index contributed by atoms with van der Waals surface area (Å²) in [6.07, 6.45) is -0.888. The fourth-order valence-electron chi connectivity index (χ4n) is 6.90. The van der Waals surface area contributed by atoms with Gasteiger partial charge in [-0.05, 0) is 31.1 Å². The third-order valence-corrected chi connectivity index (χ3v) is 13.1. The predicted molar refractivity (Wildman–Crippen MR) is 163 cm³/mol. The van der Waals surface area contributed by atoms with E-state index in [1.54, 1.807) is 11.5 Å². The van der Waals surface area contributed by atoms with Crippen LogP contribution in [0.5, 0.6) is 0 Å². The van der Waals surface area contributed by atoms with E-state index < -0.39 is 79.1 Å². The summed E-state index contributed by atoms with van der Waals surface area (Å²) in [6.45, 7) is -3.28. The average molecular weight is 716 g/mol. The number of hydrogen-bond donors (Lipinski definition) is 6. The summed E-state index contributed by atoms with van der Waals surface area (Å²) in [4.78, 5) is 58.2. The molecule has 7 N–H and O–H groups in total. The Hall–Kier alpha value is -2.39. The molecule has 0 aromatic carbocycles. The summed E-state index contributed by atoms with van der Waals surface area (Å²) >= 11 is 6.43. The highest BCUT2D eigenvalue weighted by molar-refractivity contribution is 8.07. The van der Waals surface area contributed by atoms with Gasteiger partial charge in [-0.2, -0.15) is 0 Å². The number of H-pyrrole nitrogens is 1. The van der Waals surface area contributed by atoms with Crippen molar-refractivity contribution in [3.05, 3.63) is 35.2 Å². The number of phosphoric acid groups is 1. The lowest BCUT2D eigenvalue weighted by atomic mass is 10.0. The molecule has 0 radical (unpaired) electrons. The first-order valence-corrected chi connectivity index (χ1v) is 19.0. The predicted octanol–water partition coefficient (Wildman–Crippen LogP) is -0.119. The molecule has 1 spiro atoms. The van der Waals surface area contributed by atoms with Crippen molar-refractivity contribution in [2.24, 2.45) is 11.3 Å². The van der Waals surface area contributed by atoms with Crippen LogP contribution in [-0.2, 0) is 34.5 Å². The molecule has 4 fully saturated rings. The minimum absolute atomic E-state index is 0.0234. The highest BCUT2D eigenvalue weighted by atomic mass is 32.5. The first-order chi connectivity index (χ1) is 21.8. The second-order valence-electron chi connectivity index (χ2n) is 11.7. The average Bonchev–Trinajstić information content (AvgIpc) is 3.26. The largest absolute Gasteiger partial charge is 0.472 e. The maximum Gasteiger partial charge on any atom is 0.472 e. The van der Waals surface area contributed by atoms with Gasteiger partial charge in [-0.3, -0.25) is 18.4 Å². The van der Waals surface area contributed by atoms with Crippen LogP contribution in [0.25, 0.3) is 22.3 Å². The molecule has 46 heavy (non-hydrogen) atoms. The van der Waals surface area contributed by atoms with Crippen LogP contribution in [0.15, 0.2) is 23.8 Å². The van der Waals surface area contributed by atoms with Crippen molar-refractivity contribution in [1.29, 1.82) is 0 Å². The Bertz CT molecular complexity index is 2050. The number of hydrogen-bond acceptors (Lipinski definition) is 16. The Morgan fingerprint density at radius 2 is 1.85 bits per heavy atom. The zero-order chi connectivity index (χ0) is 32.3. The number of aromatic amines is 1. The van der Waals surface area contributed by atoms with Crippen molar-refractivity contribution in [2.75, 3.05) is 18.9 Å². The van der Waals surface area contributed by atoms with Gasteiger partial charge in [-0.25, -0.2) is 29.5 Å². The number of nitrogen functional groups attached to an aromatic ring is 1. The van der Waals surface area contributed by atoms with Crippen LogP contribution in [-0.4, -0.2) is 102 Å². The fraction of sp³-hybridized carbons (Fsp3) is 0.565. The van der Waals surface area contributed by atoms with Crippen LogP contribution < -0.4 is 11.3 Å². The van der Waals surface area contributed by atoms with Crippen LogP contribution in [0, 0.1) is 18.3 Å². The Morgan fingerprint density at radius 3 is 2.65 bits per heavy atom. The molecule has 6 heterocycles. The molecule has 2 aliphatic carbocycles. The molecule has 2 bridgehead atoms. The van der Waals surface area contributed by atoms with Gasteiger partial charge in [0.25, 0.3) is 5.56 Å². The van der Waals surface area contributed by atoms with E-state index in [9.17, 15) is 29.4 Å². The molecule has 4 aromatic heterocycles. The lowest BCUT2D eigenvalue weighted by Gasteiger charge is -2.31. The standard InChI is InChI=1S/C23H27N9O10P2S2/c1-8-29-20-12(21(35)30-8)28-7-32(20)22-16-14(33)10(46-22)3-39-44(38,45)42-17-15(34)13(9-2-23(9,17)4-40-43(36,37)41-16)31-6-27-11-18(24)25-5-26-19(11)31/h5-7,9-10,13-17,22,33-34H,2-4H2,1H3,(H,36,37)(H,38,45)(H2,24,25,26)(H,29,30,35)/t9-,10-,13-,14-,15+,16-,17+,22-,23?,44?/m1/s1. The SMILES string of the molecule is Cc1nc2c(ncn2[C@@H]2S[C@@H]3COP(O)(=S)O[C@H]4[C@@H](O)[C@H](n5cnc6c(N)ncnc65)[C@H]5CC54COP(=O)(O)O[C@@H]2[C@@H]3O)c(=O)[nH]1. The van der Waals surface area contributed by atoms with E-state index in [0.29, 0.717) is 23.4 Å². The highest BCUT2D eigenvalue weighted by Crippen LogP contribution is 2.72. The van der Waals surface area contributed by atoms with E-state index in [2.05, 4.69) is 29.9 Å². The van der Waals surface area contributed by atoms with Crippen LogP contribution >= 0.6 is 26.3 Å². The number of thioether (sulfide) groups is 1. The summed E-state index contributed by atoms with van der Waals surface area (Å²) in [6, 6.07) is -0.707. The summed E-state index contributed by atoms with van der Waals surface area (Å²) < 4.78 is 39.4. The molecule has 11 atom stereocenters. The van der Waals surface area contributed by atoms with Gasteiger partial charge in [0.2, 0.25) is 0 Å². The van der Waals surface area contributed by atoms with Crippen molar-refractivity contribution in [2.45, 2.75) is 54.4 Å². The summed E-state index contributed by atoms with van der Waals surface area (Å²) in [5.74, 6) is 0.0632. The Labute approximate surface area is 267 Å². The van der Waals surface area contributed by atoms with Gasteiger partial charge in [0.15, 0.2) is 22.6 Å². The summed E-state index contributed by atoms with van der Waals surface area (Å²) in [5.41, 5.74) is 5.27. The number of aliphatic hydroxyl groups excluding tert-OH is 2. The van der Waals surface area contributed by atoms with E-state index in [1.807, 2.05) is 0 Å². The molecule has 8 rings (SSSR count). The molecular formula is C23H27N9O10P2S2. The number of rotatable bonds is 2. The minimum Gasteiger partial charge on any atom is -0.389 e. The van der Waals surface area contributed by atoms with Crippen LogP contribution in [0.3, 0.4) is 0 Å². The van der Waals surface area contributed by atoms with E-state index in [1.165, 1.54) is 23.5 Å². The van der Waals surface area contributed by atoms with Crippen molar-refractivity contribution >= 4 is 66.3 Å². The van der Waals surface area contributed by atoms with Crippen LogP contribution in [0.2, 0.25) is 0 Å². The molecule has 0 amide bonds. The normalized spacial score (nSPS) is 41.1. The summed E-state index contributed by atoms with van der Waals surface area (Å²) in [7, 11) is -4.91. The van der Waals surface area contributed by atoms with Crippen molar-refractivity contribution in [1.82, 2.24) is 39.0 Å². The lowest BCUT2D eigenvalue weighted by molar-refractivity contribution is -0.0259. The number of fused-ring (bicyclic) bond motifs is 4. The van der Waals surface area contributed by atoms with Crippen molar-refractivity contribution in [3.63, 3.8) is 0 Å². The minimum atomic E-state index is -4.91. The molecule has 19 nitrogen and oxygen atoms in total. The van der Waals surface area contributed by atoms with Gasteiger partial charge in [0, 0.05) is 5.41 Å². The Balaban J connectivity index is 1.14. The number of imidazole rings is 2. The molecule has 4 aliphatic rings. The van der Waals surface area contributed by atoms with Crippen molar-refractivity contribution < 1.29 is 42.7 Å². The third-order valence-electron chi connectivity index (χ3n) is 9.06. The van der Waals surface area contributed by atoms with Gasteiger partial charge in [-0.1, -0.05) is 0 Å². The van der Waals surface area contributed by atoms with Crippen molar-refractivity contribution in [3.8, 4) is 0 Å². The van der Waals surface area contributed by atoms with Gasteiger partial charge in [0.05, 0.1) is 43.3 Å². The molecule has 246 valence electrons. The number of aliphatic hydroxyl groups is 2. The van der Waals surface area contributed by atoms with Crippen LogP contribution in [0.1, 0.15) is 23.7 Å². The highest BCUT2D eigenvalue weighted by Gasteiger charge is 2.74. The maximum absolute atomic E-state index is 13.5. The fourth-order valence-corrected chi connectivity index (χ4v) is 11.1. The monoisotopic (exact) mass is 715 g/mol. The molecule has 2 saturated carbocycles. The first kappa shape index (κ1) is 30.9. The first-order valence-electron chi connectivity index (χ1n) is 14.0. The Kier molecular flexibility index (Phi) is 7.09. The molecule has 3 unspecified atom stereocenters. The smallest absolute Gasteiger partial charge is 0.389 e. The van der Waals surface area contributed by atoms with E-state index in [-0.39, 0.29) is 23.6 Å². The number of aromatic nitrogens is 8. The third kappa shape index (κ3) is 4.80. The van der Waals surface area contributed by atoms with Gasteiger partial charge in [-0.15, -0.1) is 11.8 Å². The zero-order valence-electron chi connectivity index (χ0n) is 23.6. The number of aryl methyl sites for hydroxylation is 1. The second kappa shape index (κ2) is 10.6. The number of nitrogens with zero attached hydrogens (tertiary/aromatic N) is 7. The van der Waals surface area contributed by atoms with Crippen LogP contribution in [0.4, 0.5) is 5.82 Å². The van der Waals surface area contributed by atoms with Gasteiger partial charge < -0.3 is 44.3 Å². The lowest BCUT2D eigenvalue weighted by Crippen LogP contribution is -2.38. The van der Waals surface area contributed by atoms with E-state index >= 15 is 0 Å². The zero-order valence-corrected chi connectivity index (χ0v) is 27.1. The molecule has 23 heteroatoms. The molecular weight excluding hydrogens is 688 g/mol. The molecule has 2 aliphatic heterocycles. The Morgan fingerprint density at radius 1 is 1.09 bits per heavy atom. The molecule has 4 aromatic rings. The van der Waals surface area contributed by atoms with Gasteiger partial charge in [0.1, 0.15) is 41.4 Å². The maximum atomic E-state index is 13.5. The second-order valence-corrected chi connectivity index (χ2v) is 17.3. The van der Waals surface area contributed by atoms with E-state index in [4.69, 9.17) is 35.6 Å². The van der Waals surface area contributed by atoms with E-state index in [0.717, 1.165) is 11.8 Å². The number of nitrogens with two attached hydrogens (primary N) is 1. The number of nitrogens with one attached hydrogen (secondary N) is 1. The number of anilines is 1. The molecule has 2 saturated heterocycles. The topological polar surface area (TPSA) is 268 Å². The van der Waals surface area contributed by atoms with Gasteiger partial charge >= 0.3 is 14.5 Å². The number of phosphoric ester groups is 1. The summed E-state index contributed by atoms with van der Waals surface area (Å²) in [5, 5.41) is 21.1.